The summed E-state index contributed by atoms with van der Waals surface area (Å²) in [5.41, 5.74) is 1.44. The third kappa shape index (κ3) is 3.84. The minimum Gasteiger partial charge on any atom is -0.322 e. The van der Waals surface area contributed by atoms with Gasteiger partial charge in [-0.1, -0.05) is 23.7 Å². The first-order valence-corrected chi connectivity index (χ1v) is 10.7. The number of rotatable bonds is 4. The van der Waals surface area contributed by atoms with Crippen LogP contribution in [0.5, 0.6) is 0 Å². The Morgan fingerprint density at radius 1 is 1.10 bits per heavy atom. The maximum Gasteiger partial charge on any atom is 0.255 e. The summed E-state index contributed by atoms with van der Waals surface area (Å²) < 4.78 is 0. The zero-order valence-corrected chi connectivity index (χ0v) is 17.3. The maximum atomic E-state index is 12.9. The van der Waals surface area contributed by atoms with Gasteiger partial charge in [0.1, 0.15) is 6.04 Å². The van der Waals surface area contributed by atoms with Gasteiger partial charge in [0.2, 0.25) is 11.8 Å². The SMILES string of the molecule is CC12CCC(=O)N1C(C(=O)Nc1ccccc1NC(=O)c1ccc(Cl)cc1)CS2. The summed E-state index contributed by atoms with van der Waals surface area (Å²) in [7, 11) is 0. The Kier molecular flexibility index (Phi) is 5.27. The molecule has 2 unspecified atom stereocenters. The normalized spacial score (nSPS) is 23.0. The van der Waals surface area contributed by atoms with Gasteiger partial charge in [-0.2, -0.15) is 0 Å². The lowest BCUT2D eigenvalue weighted by molar-refractivity contribution is -0.135. The number of nitrogens with one attached hydrogen (secondary N) is 2. The third-order valence-corrected chi connectivity index (χ3v) is 7.04. The first-order chi connectivity index (χ1) is 13.9. The zero-order valence-electron chi connectivity index (χ0n) is 15.8. The maximum absolute atomic E-state index is 12.9. The van der Waals surface area contributed by atoms with Crippen molar-refractivity contribution in [3.63, 3.8) is 0 Å². The molecule has 2 heterocycles. The van der Waals surface area contributed by atoms with E-state index in [4.69, 9.17) is 11.6 Å². The van der Waals surface area contributed by atoms with Gasteiger partial charge in [0, 0.05) is 22.8 Å². The summed E-state index contributed by atoms with van der Waals surface area (Å²) in [4.78, 5) is 39.2. The van der Waals surface area contributed by atoms with Gasteiger partial charge in [-0.25, -0.2) is 0 Å². The monoisotopic (exact) mass is 429 g/mol. The van der Waals surface area contributed by atoms with Crippen molar-refractivity contribution in [2.45, 2.75) is 30.7 Å². The molecule has 0 bridgehead atoms. The van der Waals surface area contributed by atoms with Crippen LogP contribution in [0.2, 0.25) is 5.02 Å². The van der Waals surface area contributed by atoms with E-state index in [-0.39, 0.29) is 22.6 Å². The molecule has 2 fully saturated rings. The van der Waals surface area contributed by atoms with Crippen molar-refractivity contribution >= 4 is 52.5 Å². The van der Waals surface area contributed by atoms with Gasteiger partial charge in [-0.15, -0.1) is 11.8 Å². The molecule has 0 spiro atoms. The molecule has 6 nitrogen and oxygen atoms in total. The molecule has 0 saturated carbocycles. The van der Waals surface area contributed by atoms with Crippen molar-refractivity contribution < 1.29 is 14.4 Å². The number of hydrogen-bond acceptors (Lipinski definition) is 4. The molecule has 0 radical (unpaired) electrons. The average molecular weight is 430 g/mol. The summed E-state index contributed by atoms with van der Waals surface area (Å²) >= 11 is 7.51. The quantitative estimate of drug-likeness (QED) is 0.770. The van der Waals surface area contributed by atoms with E-state index in [2.05, 4.69) is 10.6 Å². The molecule has 2 aliphatic heterocycles. The molecule has 0 aliphatic carbocycles. The highest BCUT2D eigenvalue weighted by atomic mass is 35.5. The van der Waals surface area contributed by atoms with Crippen molar-refractivity contribution in [3.05, 3.63) is 59.1 Å². The fourth-order valence-corrected chi connectivity index (χ4v) is 5.29. The van der Waals surface area contributed by atoms with Crippen molar-refractivity contribution in [3.8, 4) is 0 Å². The molecular formula is C21H20ClN3O3S. The Morgan fingerprint density at radius 2 is 1.76 bits per heavy atom. The highest BCUT2D eigenvalue weighted by Crippen LogP contribution is 2.47. The Balaban J connectivity index is 1.50. The minimum absolute atomic E-state index is 0.0157. The number of benzene rings is 2. The van der Waals surface area contributed by atoms with Crippen LogP contribution in [0.25, 0.3) is 0 Å². The van der Waals surface area contributed by atoms with Crippen LogP contribution in [0.1, 0.15) is 30.1 Å². The molecule has 8 heteroatoms. The molecule has 2 saturated heterocycles. The molecule has 3 amide bonds. The Bertz CT molecular complexity index is 981. The summed E-state index contributed by atoms with van der Waals surface area (Å²) in [6, 6.07) is 13.0. The van der Waals surface area contributed by atoms with Gasteiger partial charge in [0.15, 0.2) is 0 Å². The fraction of sp³-hybridized carbons (Fsp3) is 0.286. The van der Waals surface area contributed by atoms with Crippen LogP contribution in [0, 0.1) is 0 Å². The summed E-state index contributed by atoms with van der Waals surface area (Å²) in [5.74, 6) is 0.0293. The van der Waals surface area contributed by atoms with Crippen molar-refractivity contribution in [2.24, 2.45) is 0 Å². The summed E-state index contributed by atoms with van der Waals surface area (Å²) in [5, 5.41) is 6.26. The largest absolute Gasteiger partial charge is 0.322 e. The first-order valence-electron chi connectivity index (χ1n) is 9.30. The summed E-state index contributed by atoms with van der Waals surface area (Å²) in [6.45, 7) is 2.01. The van der Waals surface area contributed by atoms with Gasteiger partial charge in [0.05, 0.1) is 16.2 Å². The molecule has 150 valence electrons. The molecule has 0 aromatic heterocycles. The number of carbonyl (C=O) groups is 3. The highest BCUT2D eigenvalue weighted by molar-refractivity contribution is 8.01. The second kappa shape index (κ2) is 7.72. The van der Waals surface area contributed by atoms with E-state index >= 15 is 0 Å². The van der Waals surface area contributed by atoms with Gasteiger partial charge < -0.3 is 15.5 Å². The van der Waals surface area contributed by atoms with Crippen LogP contribution in [-0.2, 0) is 9.59 Å². The van der Waals surface area contributed by atoms with Crippen molar-refractivity contribution in [2.75, 3.05) is 16.4 Å². The average Bonchev–Trinajstić information content (AvgIpc) is 3.19. The minimum atomic E-state index is -0.514. The van der Waals surface area contributed by atoms with Crippen LogP contribution in [-0.4, -0.2) is 39.3 Å². The van der Waals surface area contributed by atoms with Crippen LogP contribution in [0.15, 0.2) is 48.5 Å². The fourth-order valence-electron chi connectivity index (χ4n) is 3.73. The predicted molar refractivity (Wildman–Crippen MR) is 115 cm³/mol. The van der Waals surface area contributed by atoms with Crippen LogP contribution in [0.3, 0.4) is 0 Å². The summed E-state index contributed by atoms with van der Waals surface area (Å²) in [6.07, 6.45) is 1.23. The Hall–Kier alpha value is -2.51. The van der Waals surface area contributed by atoms with E-state index in [1.54, 1.807) is 65.2 Å². The number of para-hydroxylation sites is 2. The number of amides is 3. The highest BCUT2D eigenvalue weighted by Gasteiger charge is 2.52. The Morgan fingerprint density at radius 3 is 2.45 bits per heavy atom. The number of nitrogens with zero attached hydrogens (tertiary/aromatic N) is 1. The molecule has 2 N–H and O–H groups in total. The lowest BCUT2D eigenvalue weighted by atomic mass is 10.2. The van der Waals surface area contributed by atoms with E-state index in [0.717, 1.165) is 6.42 Å². The van der Waals surface area contributed by atoms with E-state index < -0.39 is 6.04 Å². The first kappa shape index (κ1) is 19.8. The van der Waals surface area contributed by atoms with Crippen LogP contribution >= 0.6 is 23.4 Å². The lowest BCUT2D eigenvalue weighted by Crippen LogP contribution is -2.48. The molecule has 2 aromatic rings. The lowest BCUT2D eigenvalue weighted by Gasteiger charge is -2.30. The smallest absolute Gasteiger partial charge is 0.255 e. The second-order valence-corrected chi connectivity index (χ2v) is 9.20. The van der Waals surface area contributed by atoms with Gasteiger partial charge in [0.25, 0.3) is 5.91 Å². The molecule has 4 rings (SSSR count). The van der Waals surface area contributed by atoms with Gasteiger partial charge >= 0.3 is 0 Å². The van der Waals surface area contributed by atoms with Gasteiger partial charge in [-0.05, 0) is 49.7 Å². The molecule has 29 heavy (non-hydrogen) atoms. The topological polar surface area (TPSA) is 78.5 Å². The molecule has 2 aliphatic rings. The number of thioether (sulfide) groups is 1. The second-order valence-electron chi connectivity index (χ2n) is 7.26. The van der Waals surface area contributed by atoms with E-state index in [0.29, 0.717) is 34.1 Å². The van der Waals surface area contributed by atoms with E-state index in [1.807, 2.05) is 6.92 Å². The molecular weight excluding hydrogens is 410 g/mol. The standard InChI is InChI=1S/C21H20ClN3O3S/c1-21-11-10-18(26)25(21)17(12-29-21)20(28)24-16-5-3-2-4-15(16)23-19(27)13-6-8-14(22)9-7-13/h2-9,17H,10-12H2,1H3,(H,23,27)(H,24,28). The molecule has 2 aromatic carbocycles. The van der Waals surface area contributed by atoms with Crippen LogP contribution < -0.4 is 10.6 Å². The number of halogens is 1. The number of anilines is 2. The number of fused-ring (bicyclic) bond motifs is 1. The van der Waals surface area contributed by atoms with Crippen LogP contribution in [0.4, 0.5) is 11.4 Å². The Labute approximate surface area is 178 Å². The van der Waals surface area contributed by atoms with E-state index in [1.165, 1.54) is 0 Å². The van der Waals surface area contributed by atoms with Crippen molar-refractivity contribution in [1.29, 1.82) is 0 Å². The number of carbonyl (C=O) groups excluding carboxylic acids is 3. The zero-order chi connectivity index (χ0) is 20.6. The van der Waals surface area contributed by atoms with E-state index in [9.17, 15) is 14.4 Å². The third-order valence-electron chi connectivity index (χ3n) is 5.29. The van der Waals surface area contributed by atoms with Gasteiger partial charge in [-0.3, -0.25) is 14.4 Å². The predicted octanol–water partition coefficient (Wildman–Crippen LogP) is 3.98. The number of hydrogen-bond donors (Lipinski definition) is 2. The molecule has 2 atom stereocenters. The van der Waals surface area contributed by atoms with Crippen molar-refractivity contribution in [1.82, 2.24) is 4.90 Å².